The van der Waals surface area contributed by atoms with E-state index in [4.69, 9.17) is 4.74 Å². The van der Waals surface area contributed by atoms with Crippen LogP contribution in [0, 0.1) is 10.1 Å². The lowest BCUT2D eigenvalue weighted by atomic mass is 9.80. The fourth-order valence-electron chi connectivity index (χ4n) is 3.77. The predicted octanol–water partition coefficient (Wildman–Crippen LogP) is 4.73. The highest BCUT2D eigenvalue weighted by Crippen LogP contribution is 2.39. The Kier molecular flexibility index (Phi) is 7.76. The lowest BCUT2D eigenvalue weighted by molar-refractivity contribution is -0.384. The molecular weight excluding hydrogens is 436 g/mol. The molecule has 0 aromatic heterocycles. The zero-order chi connectivity index (χ0) is 24.7. The van der Waals surface area contributed by atoms with Crippen LogP contribution in [0.3, 0.4) is 0 Å². The smallest absolute Gasteiger partial charge is 0.337 e. The number of non-ortho nitro benzene ring substituents is 1. The molecule has 0 saturated heterocycles. The summed E-state index contributed by atoms with van der Waals surface area (Å²) < 4.78 is 5.39. The third-order valence-corrected chi connectivity index (χ3v) is 5.27. The van der Waals surface area contributed by atoms with Crippen LogP contribution in [0.4, 0.5) is 5.69 Å². The van der Waals surface area contributed by atoms with Gasteiger partial charge in [0.05, 0.1) is 22.0 Å². The zero-order valence-electron chi connectivity index (χ0n) is 18.7. The number of nitrogens with one attached hydrogen (secondary N) is 1. The van der Waals surface area contributed by atoms with E-state index in [-0.39, 0.29) is 23.4 Å². The molecule has 8 nitrogen and oxygen atoms in total. The summed E-state index contributed by atoms with van der Waals surface area (Å²) in [7, 11) is 0. The SMILES string of the molecule is CC1=C(C(=O)O)C(c2cccc([N+](=O)[O-])c2)C(C(=O)OC/C=C\C=C\c2ccccc2)=C(C)N1. The van der Waals surface area contributed by atoms with E-state index in [1.54, 1.807) is 32.1 Å². The summed E-state index contributed by atoms with van der Waals surface area (Å²) in [6.45, 7) is 3.20. The van der Waals surface area contributed by atoms with Crippen LogP contribution in [0.15, 0.2) is 95.4 Å². The third kappa shape index (κ3) is 5.66. The van der Waals surface area contributed by atoms with E-state index >= 15 is 0 Å². The Morgan fingerprint density at radius 3 is 2.44 bits per heavy atom. The van der Waals surface area contributed by atoms with Crippen molar-refractivity contribution < 1.29 is 24.4 Å². The Labute approximate surface area is 196 Å². The molecule has 8 heteroatoms. The highest BCUT2D eigenvalue weighted by Gasteiger charge is 2.37. The second-order valence-electron chi connectivity index (χ2n) is 7.59. The van der Waals surface area contributed by atoms with Gasteiger partial charge in [-0.15, -0.1) is 0 Å². The number of nitro benzene ring substituents is 1. The van der Waals surface area contributed by atoms with Gasteiger partial charge in [-0.3, -0.25) is 10.1 Å². The number of rotatable bonds is 8. The van der Waals surface area contributed by atoms with Crippen molar-refractivity contribution in [3.63, 3.8) is 0 Å². The number of nitrogens with zero attached hydrogens (tertiary/aromatic N) is 1. The first kappa shape index (κ1) is 24.2. The van der Waals surface area contributed by atoms with Crippen molar-refractivity contribution in [2.24, 2.45) is 0 Å². The molecule has 2 N–H and O–H groups in total. The van der Waals surface area contributed by atoms with Gasteiger partial charge in [0.15, 0.2) is 0 Å². The molecule has 0 bridgehead atoms. The highest BCUT2D eigenvalue weighted by molar-refractivity contribution is 5.99. The molecule has 0 fully saturated rings. The number of nitro groups is 1. The molecule has 1 aliphatic rings. The standard InChI is InChI=1S/C26H24N2O6/c1-17-22(25(29)30)24(20-13-9-14-21(16-20)28(32)33)23(18(2)27-17)26(31)34-15-8-4-7-12-19-10-5-3-6-11-19/h3-14,16,24,27H,15H2,1-2H3,(H,29,30)/b8-4-,12-7+. The minimum Gasteiger partial charge on any atom is -0.478 e. The second-order valence-corrected chi connectivity index (χ2v) is 7.59. The first-order valence-electron chi connectivity index (χ1n) is 10.5. The van der Waals surface area contributed by atoms with Gasteiger partial charge in [-0.25, -0.2) is 9.59 Å². The number of carboxylic acids is 1. The van der Waals surface area contributed by atoms with Gasteiger partial charge in [-0.1, -0.05) is 60.7 Å². The van der Waals surface area contributed by atoms with Crippen molar-refractivity contribution in [1.82, 2.24) is 5.32 Å². The number of aliphatic carboxylic acids is 1. The first-order valence-corrected chi connectivity index (χ1v) is 10.5. The quantitative estimate of drug-likeness (QED) is 0.253. The third-order valence-electron chi connectivity index (χ3n) is 5.27. The minimum absolute atomic E-state index is 0.0263. The number of dihydropyridines is 1. The van der Waals surface area contributed by atoms with Gasteiger partial charge < -0.3 is 15.2 Å². The summed E-state index contributed by atoms with van der Waals surface area (Å²) in [6.07, 6.45) is 7.12. The summed E-state index contributed by atoms with van der Waals surface area (Å²) in [4.78, 5) is 35.8. The normalized spacial score (nSPS) is 16.1. The van der Waals surface area contributed by atoms with Gasteiger partial charge in [-0.2, -0.15) is 0 Å². The van der Waals surface area contributed by atoms with Crippen molar-refractivity contribution in [2.75, 3.05) is 6.61 Å². The van der Waals surface area contributed by atoms with Crippen LogP contribution in [0.2, 0.25) is 0 Å². The van der Waals surface area contributed by atoms with Gasteiger partial charge in [0.25, 0.3) is 5.69 Å². The van der Waals surface area contributed by atoms with E-state index in [0.717, 1.165) is 5.56 Å². The zero-order valence-corrected chi connectivity index (χ0v) is 18.7. The number of hydrogen-bond donors (Lipinski definition) is 2. The van der Waals surface area contributed by atoms with Gasteiger partial charge in [0, 0.05) is 23.5 Å². The number of carbonyl (C=O) groups is 2. The molecule has 1 aliphatic heterocycles. The molecule has 0 radical (unpaired) electrons. The largest absolute Gasteiger partial charge is 0.478 e. The van der Waals surface area contributed by atoms with Crippen molar-refractivity contribution in [3.8, 4) is 0 Å². The van der Waals surface area contributed by atoms with Crippen LogP contribution in [0.25, 0.3) is 6.08 Å². The van der Waals surface area contributed by atoms with E-state index in [2.05, 4.69) is 5.32 Å². The Morgan fingerprint density at radius 2 is 1.76 bits per heavy atom. The van der Waals surface area contributed by atoms with Crippen LogP contribution in [-0.4, -0.2) is 28.6 Å². The molecule has 3 rings (SSSR count). The van der Waals surface area contributed by atoms with Gasteiger partial charge >= 0.3 is 11.9 Å². The van der Waals surface area contributed by atoms with Gasteiger partial charge in [-0.05, 0) is 31.1 Å². The number of esters is 1. The fourth-order valence-corrected chi connectivity index (χ4v) is 3.77. The molecule has 0 aliphatic carbocycles. The maximum atomic E-state index is 13.0. The lowest BCUT2D eigenvalue weighted by Gasteiger charge is -2.29. The molecule has 1 unspecified atom stereocenters. The topological polar surface area (TPSA) is 119 Å². The maximum Gasteiger partial charge on any atom is 0.337 e. The van der Waals surface area contributed by atoms with Crippen molar-refractivity contribution in [2.45, 2.75) is 19.8 Å². The molecule has 34 heavy (non-hydrogen) atoms. The Morgan fingerprint density at radius 1 is 1.06 bits per heavy atom. The van der Waals surface area contributed by atoms with Crippen molar-refractivity contribution >= 4 is 23.7 Å². The van der Waals surface area contributed by atoms with E-state index in [1.807, 2.05) is 42.5 Å². The number of carbonyl (C=O) groups excluding carboxylic acids is 1. The summed E-state index contributed by atoms with van der Waals surface area (Å²) in [6, 6.07) is 15.3. The van der Waals surface area contributed by atoms with Crippen LogP contribution < -0.4 is 5.32 Å². The van der Waals surface area contributed by atoms with Gasteiger partial charge in [0.2, 0.25) is 0 Å². The number of hydrogen-bond acceptors (Lipinski definition) is 6. The van der Waals surface area contributed by atoms with E-state index in [9.17, 15) is 24.8 Å². The number of ether oxygens (including phenoxy) is 1. The van der Waals surface area contributed by atoms with Crippen LogP contribution >= 0.6 is 0 Å². The molecule has 1 atom stereocenters. The maximum absolute atomic E-state index is 13.0. The number of allylic oxidation sites excluding steroid dienone is 4. The summed E-state index contributed by atoms with van der Waals surface area (Å²) in [5.74, 6) is -2.96. The number of carboxylic acid groups (broad SMARTS) is 1. The Bertz CT molecular complexity index is 1220. The summed E-state index contributed by atoms with van der Waals surface area (Å²) in [5, 5.41) is 24.0. The molecule has 0 saturated carbocycles. The van der Waals surface area contributed by atoms with E-state index < -0.39 is 22.8 Å². The van der Waals surface area contributed by atoms with E-state index in [1.165, 1.54) is 18.2 Å². The lowest BCUT2D eigenvalue weighted by Crippen LogP contribution is -2.31. The average molecular weight is 460 g/mol. The molecular formula is C26H24N2O6. The minimum atomic E-state index is -1.23. The summed E-state index contributed by atoms with van der Waals surface area (Å²) in [5.41, 5.74) is 1.95. The molecule has 174 valence electrons. The highest BCUT2D eigenvalue weighted by atomic mass is 16.6. The molecule has 0 amide bonds. The first-order chi connectivity index (χ1) is 16.3. The van der Waals surface area contributed by atoms with Crippen LogP contribution in [-0.2, 0) is 14.3 Å². The summed E-state index contributed by atoms with van der Waals surface area (Å²) >= 11 is 0. The average Bonchev–Trinajstić information content (AvgIpc) is 2.81. The van der Waals surface area contributed by atoms with Crippen LogP contribution in [0.5, 0.6) is 0 Å². The Balaban J connectivity index is 1.83. The predicted molar refractivity (Wildman–Crippen MR) is 128 cm³/mol. The molecule has 1 heterocycles. The van der Waals surface area contributed by atoms with Gasteiger partial charge in [0.1, 0.15) is 6.61 Å². The molecule has 2 aromatic carbocycles. The molecule has 0 spiro atoms. The Hall–Kier alpha value is -4.46. The fraction of sp³-hybridized carbons (Fsp3) is 0.154. The van der Waals surface area contributed by atoms with E-state index in [0.29, 0.717) is 17.0 Å². The van der Waals surface area contributed by atoms with Crippen molar-refractivity contribution in [3.05, 3.63) is 117 Å². The second kappa shape index (κ2) is 10.9. The molecule has 2 aromatic rings. The van der Waals surface area contributed by atoms with Crippen LogP contribution in [0.1, 0.15) is 30.9 Å². The monoisotopic (exact) mass is 460 g/mol. The van der Waals surface area contributed by atoms with Crippen molar-refractivity contribution in [1.29, 1.82) is 0 Å². The number of benzene rings is 2.